The monoisotopic (exact) mass is 172 g/mol. The molecule has 0 heterocycles. The first kappa shape index (κ1) is 13.1. The molecule has 0 aliphatic heterocycles. The van der Waals surface area contributed by atoms with Crippen LogP contribution in [0.25, 0.3) is 0 Å². The van der Waals surface area contributed by atoms with Gasteiger partial charge < -0.3 is 6.53 Å². The summed E-state index contributed by atoms with van der Waals surface area (Å²) in [5, 5.41) is 8.05. The van der Waals surface area contributed by atoms with E-state index in [9.17, 15) is 9.59 Å². The molecule has 54 valence electrons. The van der Waals surface area contributed by atoms with E-state index in [-0.39, 0.29) is 37.4 Å². The number of rotatable bonds is 4. The van der Waals surface area contributed by atoms with Crippen molar-refractivity contribution in [3.8, 4) is 0 Å². The van der Waals surface area contributed by atoms with Crippen molar-refractivity contribution in [3.63, 3.8) is 0 Å². The predicted molar refractivity (Wildman–Crippen MR) is 36.8 cm³/mol. The Kier molecular flexibility index (Phi) is 9.96. The standard InChI is InChI=1S/C5H8O3S.Na.H/c1-9-3-2-4(6)5(7)8;;/h2-3H2,1H3,(H,7,8);;/q;+1;-1. The number of aliphatic carboxylic acids is 1. The van der Waals surface area contributed by atoms with Crippen molar-refractivity contribution >= 4 is 23.5 Å². The first-order valence-electron chi connectivity index (χ1n) is 2.43. The van der Waals surface area contributed by atoms with Crippen molar-refractivity contribution in [2.45, 2.75) is 6.42 Å². The quantitative estimate of drug-likeness (QED) is 0.376. The maximum atomic E-state index is 10.3. The van der Waals surface area contributed by atoms with E-state index < -0.39 is 11.8 Å². The van der Waals surface area contributed by atoms with E-state index in [1.165, 1.54) is 11.8 Å². The zero-order valence-electron chi connectivity index (χ0n) is 7.09. The average Bonchev–Trinajstić information content (AvgIpc) is 1.82. The largest absolute Gasteiger partial charge is 1.00 e. The Labute approximate surface area is 87.3 Å². The number of carboxylic acid groups (broad SMARTS) is 1. The van der Waals surface area contributed by atoms with Crippen molar-refractivity contribution in [1.29, 1.82) is 0 Å². The van der Waals surface area contributed by atoms with Gasteiger partial charge in [0.15, 0.2) is 0 Å². The van der Waals surface area contributed by atoms with E-state index in [4.69, 9.17) is 5.11 Å². The van der Waals surface area contributed by atoms with Crippen LogP contribution in [0.15, 0.2) is 0 Å². The van der Waals surface area contributed by atoms with Crippen LogP contribution in [0, 0.1) is 0 Å². The fourth-order valence-electron chi connectivity index (χ4n) is 0.302. The van der Waals surface area contributed by atoms with E-state index in [0.717, 1.165) is 0 Å². The van der Waals surface area contributed by atoms with Crippen LogP contribution >= 0.6 is 11.8 Å². The molecule has 0 fully saturated rings. The molecule has 5 heteroatoms. The zero-order chi connectivity index (χ0) is 7.28. The topological polar surface area (TPSA) is 54.4 Å². The number of thioether (sulfide) groups is 1. The fraction of sp³-hybridized carbons (Fsp3) is 0.600. The Hall–Kier alpha value is 0.490. The Morgan fingerprint density at radius 2 is 2.10 bits per heavy atom. The van der Waals surface area contributed by atoms with Crippen LogP contribution < -0.4 is 29.6 Å². The van der Waals surface area contributed by atoms with Gasteiger partial charge in [0.05, 0.1) is 0 Å². The SMILES string of the molecule is CSCCC(=O)C(=O)O.[H-].[Na+]. The van der Waals surface area contributed by atoms with Gasteiger partial charge in [0, 0.05) is 12.2 Å². The first-order chi connectivity index (χ1) is 4.18. The molecule has 1 N–H and O–H groups in total. The second-order valence-electron chi connectivity index (χ2n) is 1.47. The van der Waals surface area contributed by atoms with Gasteiger partial charge in [-0.1, -0.05) is 0 Å². The van der Waals surface area contributed by atoms with Crippen molar-refractivity contribution in [1.82, 2.24) is 0 Å². The number of hydrogen-bond donors (Lipinski definition) is 1. The van der Waals surface area contributed by atoms with Crippen LogP contribution in [0.4, 0.5) is 0 Å². The molecular formula is C5H9NaO3S. The molecule has 0 bridgehead atoms. The van der Waals surface area contributed by atoms with Gasteiger partial charge in [-0.25, -0.2) is 4.79 Å². The molecule has 0 saturated heterocycles. The first-order valence-corrected chi connectivity index (χ1v) is 3.83. The Morgan fingerprint density at radius 3 is 2.40 bits per heavy atom. The second-order valence-corrected chi connectivity index (χ2v) is 2.46. The van der Waals surface area contributed by atoms with Crippen LogP contribution in [0.1, 0.15) is 7.85 Å². The number of carbonyl (C=O) groups is 2. The van der Waals surface area contributed by atoms with Gasteiger partial charge in [-0.2, -0.15) is 11.8 Å². The molecule has 0 aliphatic rings. The Bertz CT molecular complexity index is 131. The van der Waals surface area contributed by atoms with Gasteiger partial charge in [0.2, 0.25) is 5.78 Å². The van der Waals surface area contributed by atoms with Crippen molar-refractivity contribution < 1.29 is 45.7 Å². The van der Waals surface area contributed by atoms with E-state index in [0.29, 0.717) is 5.75 Å². The Morgan fingerprint density at radius 1 is 1.60 bits per heavy atom. The van der Waals surface area contributed by atoms with Gasteiger partial charge in [0.25, 0.3) is 0 Å². The summed E-state index contributed by atoms with van der Waals surface area (Å²) < 4.78 is 0. The third kappa shape index (κ3) is 6.61. The minimum atomic E-state index is -1.33. The summed E-state index contributed by atoms with van der Waals surface area (Å²) in [5.74, 6) is -1.45. The van der Waals surface area contributed by atoms with E-state index >= 15 is 0 Å². The number of Topliss-reactive ketones (excluding diaryl/α,β-unsaturated/α-hetero) is 1. The number of carboxylic acids is 1. The smallest absolute Gasteiger partial charge is 1.00 e. The summed E-state index contributed by atoms with van der Waals surface area (Å²) in [6.45, 7) is 0. The van der Waals surface area contributed by atoms with E-state index in [1.54, 1.807) is 0 Å². The molecule has 3 nitrogen and oxygen atoms in total. The molecule has 0 aromatic heterocycles. The van der Waals surface area contributed by atoms with Gasteiger partial charge in [0.1, 0.15) is 0 Å². The summed E-state index contributed by atoms with van der Waals surface area (Å²) in [6, 6.07) is 0. The maximum Gasteiger partial charge on any atom is 1.00 e. The number of hydrogen-bond acceptors (Lipinski definition) is 3. The normalized spacial score (nSPS) is 8.10. The molecule has 10 heavy (non-hydrogen) atoms. The molecule has 0 aromatic carbocycles. The summed E-state index contributed by atoms with van der Waals surface area (Å²) in [6.07, 6.45) is 1.96. The summed E-state index contributed by atoms with van der Waals surface area (Å²) >= 11 is 1.46. The van der Waals surface area contributed by atoms with Crippen LogP contribution in [-0.2, 0) is 9.59 Å². The van der Waals surface area contributed by atoms with Gasteiger partial charge in [-0.15, -0.1) is 0 Å². The predicted octanol–water partition coefficient (Wildman–Crippen LogP) is -2.49. The molecule has 0 atom stereocenters. The van der Waals surface area contributed by atoms with Crippen LogP contribution in [0.2, 0.25) is 0 Å². The molecule has 0 radical (unpaired) electrons. The molecule has 0 aliphatic carbocycles. The van der Waals surface area contributed by atoms with Crippen LogP contribution in [0.5, 0.6) is 0 Å². The summed E-state index contributed by atoms with van der Waals surface area (Å²) in [5.41, 5.74) is 0. The fourth-order valence-corrected chi connectivity index (χ4v) is 0.691. The van der Waals surface area contributed by atoms with Gasteiger partial charge >= 0.3 is 35.5 Å². The zero-order valence-corrected chi connectivity index (χ0v) is 8.90. The minimum absolute atomic E-state index is 0. The molecule has 0 amide bonds. The minimum Gasteiger partial charge on any atom is -1.00 e. The average molecular weight is 172 g/mol. The second kappa shape index (κ2) is 7.60. The molecule has 0 rings (SSSR count). The molecular weight excluding hydrogens is 163 g/mol. The van der Waals surface area contributed by atoms with Crippen LogP contribution in [0.3, 0.4) is 0 Å². The third-order valence-electron chi connectivity index (χ3n) is 0.772. The summed E-state index contributed by atoms with van der Waals surface area (Å²) in [4.78, 5) is 20.1. The number of carbonyl (C=O) groups excluding carboxylic acids is 1. The molecule has 0 spiro atoms. The van der Waals surface area contributed by atoms with Gasteiger partial charge in [-0.3, -0.25) is 4.79 Å². The van der Waals surface area contributed by atoms with Crippen molar-refractivity contribution in [2.75, 3.05) is 12.0 Å². The third-order valence-corrected chi connectivity index (χ3v) is 1.38. The molecule has 0 saturated carbocycles. The van der Waals surface area contributed by atoms with Crippen molar-refractivity contribution in [2.24, 2.45) is 0 Å². The number of ketones is 1. The Balaban J connectivity index is -0.000000320. The summed E-state index contributed by atoms with van der Waals surface area (Å²) in [7, 11) is 0. The van der Waals surface area contributed by atoms with E-state index in [2.05, 4.69) is 0 Å². The van der Waals surface area contributed by atoms with E-state index in [1.807, 2.05) is 6.26 Å². The maximum absolute atomic E-state index is 10.3. The van der Waals surface area contributed by atoms with Crippen LogP contribution in [-0.4, -0.2) is 28.9 Å². The molecule has 0 aromatic rings. The molecule has 0 unspecified atom stereocenters. The van der Waals surface area contributed by atoms with Crippen molar-refractivity contribution in [3.05, 3.63) is 0 Å². The van der Waals surface area contributed by atoms with Gasteiger partial charge in [-0.05, 0) is 6.26 Å².